The van der Waals surface area contributed by atoms with Crippen LogP contribution in [0.2, 0.25) is 0 Å². The molecule has 6 atom stereocenters. The number of hydrogen-bond donors (Lipinski definition) is 1. The number of nitrogens with zero attached hydrogens (tertiary/aromatic N) is 4. The molecule has 3 saturated heterocycles. The molecule has 8 rings (SSSR count). The van der Waals surface area contributed by atoms with Crippen LogP contribution in [-0.4, -0.2) is 70.5 Å². The number of benzene rings is 1. The van der Waals surface area contributed by atoms with Crippen LogP contribution in [0.15, 0.2) is 30.1 Å². The molecule has 2 aliphatic carbocycles. The van der Waals surface area contributed by atoms with Crippen molar-refractivity contribution < 1.29 is 19.0 Å². The lowest BCUT2D eigenvalue weighted by Crippen LogP contribution is -2.46. The van der Waals surface area contributed by atoms with E-state index < -0.39 is 5.41 Å². The smallest absolute Gasteiger partial charge is 0.318 e. The second kappa shape index (κ2) is 8.97. The maximum absolute atomic E-state index is 16.4. The van der Waals surface area contributed by atoms with E-state index in [4.69, 9.17) is 19.4 Å². The van der Waals surface area contributed by atoms with Crippen LogP contribution in [0.4, 0.5) is 10.2 Å². The monoisotopic (exact) mass is 546 g/mol. The Balaban J connectivity index is 1.22. The zero-order valence-electron chi connectivity index (χ0n) is 23.5. The van der Waals surface area contributed by atoms with Crippen molar-refractivity contribution in [3.8, 4) is 6.01 Å². The summed E-state index contributed by atoms with van der Waals surface area (Å²) in [6.45, 7) is 8.25. The molecule has 0 amide bonds. The second-order valence-corrected chi connectivity index (χ2v) is 13.4. The second-order valence-electron chi connectivity index (χ2n) is 13.4. The largest absolute Gasteiger partial charge is 0.461 e. The predicted molar refractivity (Wildman–Crippen MR) is 150 cm³/mol. The summed E-state index contributed by atoms with van der Waals surface area (Å²) in [7, 11) is 0. The fourth-order valence-corrected chi connectivity index (χ4v) is 9.06. The first-order valence-electron chi connectivity index (χ1n) is 15.2. The van der Waals surface area contributed by atoms with E-state index in [0.29, 0.717) is 57.4 Å². The van der Waals surface area contributed by atoms with Crippen molar-refractivity contribution in [3.05, 3.63) is 52.5 Å². The molecule has 4 aliphatic heterocycles. The van der Waals surface area contributed by atoms with Gasteiger partial charge in [-0.3, -0.25) is 4.90 Å². The normalized spacial score (nSPS) is 36.4. The third-order valence-electron chi connectivity index (χ3n) is 10.8. The van der Waals surface area contributed by atoms with E-state index in [9.17, 15) is 5.11 Å². The number of allylic oxidation sites excluding steroid dienone is 2. The molecule has 2 aromatic rings. The lowest BCUT2D eigenvalue weighted by atomic mass is 9.68. The Morgan fingerprint density at radius 1 is 1.20 bits per heavy atom. The molecular weight excluding hydrogens is 507 g/mol. The van der Waals surface area contributed by atoms with Crippen molar-refractivity contribution >= 4 is 11.4 Å². The van der Waals surface area contributed by atoms with Crippen LogP contribution in [0.5, 0.6) is 6.01 Å². The fourth-order valence-electron chi connectivity index (χ4n) is 9.06. The predicted octanol–water partition coefficient (Wildman–Crippen LogP) is 4.73. The summed E-state index contributed by atoms with van der Waals surface area (Å²) < 4.78 is 29.5. The lowest BCUT2D eigenvalue weighted by molar-refractivity contribution is 0.00940. The first-order valence-corrected chi connectivity index (χ1v) is 15.2. The van der Waals surface area contributed by atoms with Gasteiger partial charge in [0.1, 0.15) is 18.3 Å². The quantitative estimate of drug-likeness (QED) is 0.597. The minimum atomic E-state index is -0.798. The van der Waals surface area contributed by atoms with Gasteiger partial charge in [0.15, 0.2) is 0 Å². The molecule has 0 bridgehead atoms. The third-order valence-corrected chi connectivity index (χ3v) is 10.8. The van der Waals surface area contributed by atoms with Gasteiger partial charge in [-0.05, 0) is 74.6 Å². The molecule has 8 heteroatoms. The third kappa shape index (κ3) is 3.58. The number of aliphatic hydroxyl groups is 1. The summed E-state index contributed by atoms with van der Waals surface area (Å²) in [5.74, 6) is 1.46. The van der Waals surface area contributed by atoms with Crippen LogP contribution >= 0.6 is 0 Å². The molecule has 3 fully saturated rings. The zero-order valence-corrected chi connectivity index (χ0v) is 23.5. The number of hydrogen-bond acceptors (Lipinski definition) is 7. The molecule has 7 nitrogen and oxygen atoms in total. The van der Waals surface area contributed by atoms with Crippen molar-refractivity contribution in [3.63, 3.8) is 0 Å². The summed E-state index contributed by atoms with van der Waals surface area (Å²) in [5.41, 5.74) is 3.82. The average Bonchev–Trinajstić information content (AvgIpc) is 3.50. The Morgan fingerprint density at radius 3 is 2.98 bits per heavy atom. The Morgan fingerprint density at radius 2 is 2.08 bits per heavy atom. The number of halogens is 1. The molecule has 1 aromatic heterocycles. The first kappa shape index (κ1) is 25.2. The highest BCUT2D eigenvalue weighted by atomic mass is 19.1. The summed E-state index contributed by atoms with van der Waals surface area (Å²) in [4.78, 5) is 15.0. The van der Waals surface area contributed by atoms with Crippen molar-refractivity contribution in [1.82, 2.24) is 14.9 Å². The van der Waals surface area contributed by atoms with Gasteiger partial charge < -0.3 is 19.5 Å². The van der Waals surface area contributed by atoms with E-state index in [1.807, 2.05) is 25.1 Å². The molecular formula is C32H39FN4O3. The standard InChI is InChI=1S/C32H39FN4O3/c1-19-13-31(9-5-10-36(31)16-19)18-40-30-34-25-14-32(24-7-4-3-6-23(24)20(2)28(32)33)15-26-27(25)29(35-30)37-11-8-22(38)12-21(37)17-39-26/h3-4,6-7,19,21-22,26,38H,5,8-18H2,1-2H3/t19-,21?,22?,26?,31+,32?/m1/s1. The Labute approximate surface area is 235 Å². The minimum Gasteiger partial charge on any atom is -0.461 e. The highest BCUT2D eigenvalue weighted by Crippen LogP contribution is 2.58. The molecule has 0 radical (unpaired) electrons. The van der Waals surface area contributed by atoms with Crippen molar-refractivity contribution in [1.29, 1.82) is 0 Å². The van der Waals surface area contributed by atoms with Gasteiger partial charge >= 0.3 is 6.01 Å². The molecule has 6 aliphatic rings. The summed E-state index contributed by atoms with van der Waals surface area (Å²) in [6.07, 6.45) is 5.14. The highest BCUT2D eigenvalue weighted by Gasteiger charge is 2.53. The summed E-state index contributed by atoms with van der Waals surface area (Å²) in [5, 5.41) is 10.5. The molecule has 5 heterocycles. The number of anilines is 1. The van der Waals surface area contributed by atoms with Gasteiger partial charge in [0, 0.05) is 25.1 Å². The summed E-state index contributed by atoms with van der Waals surface area (Å²) >= 11 is 0. The van der Waals surface area contributed by atoms with Crippen molar-refractivity contribution in [2.24, 2.45) is 5.92 Å². The van der Waals surface area contributed by atoms with E-state index in [-0.39, 0.29) is 29.6 Å². The molecule has 212 valence electrons. The van der Waals surface area contributed by atoms with Gasteiger partial charge in [0.2, 0.25) is 0 Å². The number of piperidine rings is 1. The summed E-state index contributed by atoms with van der Waals surface area (Å²) in [6, 6.07) is 8.51. The van der Waals surface area contributed by atoms with Gasteiger partial charge in [0.05, 0.1) is 41.5 Å². The van der Waals surface area contributed by atoms with Crippen LogP contribution in [0, 0.1) is 5.92 Å². The van der Waals surface area contributed by atoms with E-state index in [1.54, 1.807) is 0 Å². The number of aliphatic hydroxyl groups excluding tert-OH is 1. The van der Waals surface area contributed by atoms with Crippen LogP contribution < -0.4 is 9.64 Å². The minimum absolute atomic E-state index is 0.0229. The van der Waals surface area contributed by atoms with Crippen LogP contribution in [-0.2, 0) is 16.6 Å². The SMILES string of the molecule is CC1=C(F)C2(Cc3nc(OC[C@@]45CCCN4C[C@H](C)C5)nc4c3C(C2)OCC2CC(O)CCN42)c2ccccc21. The molecule has 40 heavy (non-hydrogen) atoms. The van der Waals surface area contributed by atoms with Crippen molar-refractivity contribution in [2.45, 2.75) is 88.0 Å². The highest BCUT2D eigenvalue weighted by molar-refractivity contribution is 5.78. The molecule has 1 N–H and O–H groups in total. The average molecular weight is 547 g/mol. The number of rotatable bonds is 3. The Hall–Kier alpha value is -2.55. The molecule has 0 saturated carbocycles. The van der Waals surface area contributed by atoms with Crippen LogP contribution in [0.3, 0.4) is 0 Å². The van der Waals surface area contributed by atoms with Crippen LogP contribution in [0.1, 0.15) is 80.9 Å². The fraction of sp³-hybridized carbons (Fsp3) is 0.625. The van der Waals surface area contributed by atoms with E-state index in [1.165, 1.54) is 6.42 Å². The molecule has 1 spiro atoms. The first-order chi connectivity index (χ1) is 19.4. The van der Waals surface area contributed by atoms with Gasteiger partial charge in [-0.1, -0.05) is 31.2 Å². The zero-order chi connectivity index (χ0) is 27.2. The molecule has 1 aromatic carbocycles. The number of aromatic nitrogens is 2. The van der Waals surface area contributed by atoms with E-state index in [0.717, 1.165) is 59.7 Å². The molecule has 4 unspecified atom stereocenters. The Kier molecular flexibility index (Phi) is 5.65. The van der Waals surface area contributed by atoms with Gasteiger partial charge in [-0.15, -0.1) is 0 Å². The number of fused-ring (bicyclic) bond motifs is 5. The topological polar surface area (TPSA) is 71.0 Å². The maximum Gasteiger partial charge on any atom is 0.318 e. The maximum atomic E-state index is 16.4. The van der Waals surface area contributed by atoms with E-state index >= 15 is 4.39 Å². The van der Waals surface area contributed by atoms with Crippen LogP contribution in [0.25, 0.3) is 5.57 Å². The van der Waals surface area contributed by atoms with Crippen molar-refractivity contribution in [2.75, 3.05) is 37.7 Å². The van der Waals surface area contributed by atoms with E-state index in [2.05, 4.69) is 22.8 Å². The Bertz CT molecular complexity index is 1400. The number of ether oxygens (including phenoxy) is 2. The van der Waals surface area contributed by atoms with Gasteiger partial charge in [0.25, 0.3) is 0 Å². The van der Waals surface area contributed by atoms with Gasteiger partial charge in [-0.25, -0.2) is 4.39 Å². The lowest BCUT2D eigenvalue weighted by Gasteiger charge is -2.40. The van der Waals surface area contributed by atoms with Gasteiger partial charge in [-0.2, -0.15) is 9.97 Å².